The molecular formula is C20H22N2O4. The summed E-state index contributed by atoms with van der Waals surface area (Å²) in [5.41, 5.74) is 1.68. The molecule has 0 aromatic heterocycles. The average Bonchev–Trinajstić information content (AvgIpc) is 3.13. The molecule has 1 heterocycles. The molecule has 0 radical (unpaired) electrons. The molecule has 2 aromatic carbocycles. The molecule has 0 aliphatic carbocycles. The number of amides is 2. The number of hydrogen-bond acceptors (Lipinski definition) is 3. The molecule has 0 spiro atoms. The van der Waals surface area contributed by atoms with Crippen molar-refractivity contribution >= 4 is 12.0 Å². The normalized spacial score (nSPS) is 19.3. The molecule has 1 aliphatic heterocycles. The van der Waals surface area contributed by atoms with Gasteiger partial charge in [-0.15, -0.1) is 0 Å². The van der Waals surface area contributed by atoms with Crippen molar-refractivity contribution in [3.8, 4) is 0 Å². The zero-order valence-corrected chi connectivity index (χ0v) is 14.4. The second kappa shape index (κ2) is 7.58. The number of aliphatic hydroxyl groups is 1. The summed E-state index contributed by atoms with van der Waals surface area (Å²) in [4.78, 5) is 25.0. The van der Waals surface area contributed by atoms with E-state index in [2.05, 4.69) is 5.32 Å². The van der Waals surface area contributed by atoms with Gasteiger partial charge in [-0.25, -0.2) is 9.59 Å². The summed E-state index contributed by atoms with van der Waals surface area (Å²) in [5, 5.41) is 21.7. The van der Waals surface area contributed by atoms with E-state index in [9.17, 15) is 14.7 Å². The van der Waals surface area contributed by atoms with Crippen molar-refractivity contribution in [2.45, 2.75) is 18.4 Å². The van der Waals surface area contributed by atoms with Crippen LogP contribution in [0.15, 0.2) is 54.6 Å². The second-order valence-corrected chi connectivity index (χ2v) is 6.64. The van der Waals surface area contributed by atoms with Crippen molar-refractivity contribution in [1.82, 2.24) is 10.2 Å². The van der Waals surface area contributed by atoms with Gasteiger partial charge in [0.2, 0.25) is 0 Å². The van der Waals surface area contributed by atoms with Crippen LogP contribution >= 0.6 is 0 Å². The summed E-state index contributed by atoms with van der Waals surface area (Å²) < 4.78 is 0. The second-order valence-electron chi connectivity index (χ2n) is 6.64. The third-order valence-electron chi connectivity index (χ3n) is 4.97. The molecule has 1 saturated heterocycles. The number of nitrogens with one attached hydrogen (secondary N) is 1. The molecule has 3 rings (SSSR count). The summed E-state index contributed by atoms with van der Waals surface area (Å²) in [6.07, 6.45) is 0.717. The molecule has 26 heavy (non-hydrogen) atoms. The molecule has 0 saturated carbocycles. The summed E-state index contributed by atoms with van der Waals surface area (Å²) in [7, 11) is 0. The van der Waals surface area contributed by atoms with Crippen LogP contribution in [0.4, 0.5) is 4.79 Å². The Morgan fingerprint density at radius 1 is 1.08 bits per heavy atom. The molecule has 6 heteroatoms. The van der Waals surface area contributed by atoms with Gasteiger partial charge in [-0.05, 0) is 29.7 Å². The molecule has 0 bridgehead atoms. The van der Waals surface area contributed by atoms with E-state index in [0.717, 1.165) is 11.1 Å². The largest absolute Gasteiger partial charge is 0.478 e. The van der Waals surface area contributed by atoms with Gasteiger partial charge < -0.3 is 20.4 Å². The maximum Gasteiger partial charge on any atom is 0.335 e. The van der Waals surface area contributed by atoms with E-state index in [1.165, 1.54) is 12.1 Å². The van der Waals surface area contributed by atoms with Crippen LogP contribution in [0.2, 0.25) is 0 Å². The molecule has 1 atom stereocenters. The molecule has 1 unspecified atom stereocenters. The SMILES string of the molecule is O=C(O)c1ccc(CNC(=O)N2CCC(CO)(c3ccccc3)C2)cc1. The summed E-state index contributed by atoms with van der Waals surface area (Å²) in [5.74, 6) is -0.973. The summed E-state index contributed by atoms with van der Waals surface area (Å²) >= 11 is 0. The number of likely N-dealkylation sites (tertiary alicyclic amines) is 1. The van der Waals surface area contributed by atoms with Crippen molar-refractivity contribution in [2.75, 3.05) is 19.7 Å². The molecule has 2 amide bonds. The van der Waals surface area contributed by atoms with Crippen LogP contribution in [-0.2, 0) is 12.0 Å². The highest BCUT2D eigenvalue weighted by atomic mass is 16.4. The van der Waals surface area contributed by atoms with Gasteiger partial charge in [-0.1, -0.05) is 42.5 Å². The van der Waals surface area contributed by atoms with Crippen LogP contribution in [-0.4, -0.2) is 46.8 Å². The summed E-state index contributed by atoms with van der Waals surface area (Å²) in [6.45, 7) is 1.38. The van der Waals surface area contributed by atoms with Gasteiger partial charge in [-0.2, -0.15) is 0 Å². The predicted octanol–water partition coefficient (Wildman–Crippen LogP) is 2.23. The van der Waals surface area contributed by atoms with E-state index in [0.29, 0.717) is 26.1 Å². The minimum atomic E-state index is -0.973. The number of benzene rings is 2. The van der Waals surface area contributed by atoms with Gasteiger partial charge in [0.15, 0.2) is 0 Å². The third-order valence-corrected chi connectivity index (χ3v) is 4.97. The van der Waals surface area contributed by atoms with Crippen LogP contribution in [0.1, 0.15) is 27.9 Å². The van der Waals surface area contributed by atoms with Gasteiger partial charge in [0.1, 0.15) is 0 Å². The number of aromatic carboxylic acids is 1. The Bertz CT molecular complexity index is 776. The van der Waals surface area contributed by atoms with E-state index in [1.807, 2.05) is 30.3 Å². The van der Waals surface area contributed by atoms with Gasteiger partial charge in [0.05, 0.1) is 12.2 Å². The fourth-order valence-corrected chi connectivity index (χ4v) is 3.35. The lowest BCUT2D eigenvalue weighted by atomic mass is 9.80. The van der Waals surface area contributed by atoms with Gasteiger partial charge in [-0.3, -0.25) is 0 Å². The molecular weight excluding hydrogens is 332 g/mol. The van der Waals surface area contributed by atoms with Crippen molar-refractivity contribution in [3.05, 3.63) is 71.3 Å². The van der Waals surface area contributed by atoms with Crippen molar-refractivity contribution in [3.63, 3.8) is 0 Å². The topological polar surface area (TPSA) is 89.9 Å². The van der Waals surface area contributed by atoms with E-state index < -0.39 is 11.4 Å². The maximum atomic E-state index is 12.5. The third kappa shape index (κ3) is 3.70. The Morgan fingerprint density at radius 3 is 2.38 bits per heavy atom. The van der Waals surface area contributed by atoms with Crippen molar-refractivity contribution < 1.29 is 19.8 Å². The lowest BCUT2D eigenvalue weighted by molar-refractivity contribution is 0.0697. The zero-order valence-electron chi connectivity index (χ0n) is 14.4. The fraction of sp³-hybridized carbons (Fsp3) is 0.300. The van der Waals surface area contributed by atoms with E-state index in [4.69, 9.17) is 5.11 Å². The number of rotatable bonds is 5. The number of carbonyl (C=O) groups excluding carboxylic acids is 1. The van der Waals surface area contributed by atoms with E-state index in [-0.39, 0.29) is 18.2 Å². The van der Waals surface area contributed by atoms with Gasteiger partial charge in [0.25, 0.3) is 0 Å². The molecule has 6 nitrogen and oxygen atoms in total. The Morgan fingerprint density at radius 2 is 1.77 bits per heavy atom. The molecule has 1 fully saturated rings. The molecule has 1 aliphatic rings. The highest BCUT2D eigenvalue weighted by molar-refractivity contribution is 5.87. The first-order valence-electron chi connectivity index (χ1n) is 8.55. The lowest BCUT2D eigenvalue weighted by Gasteiger charge is -2.27. The van der Waals surface area contributed by atoms with Crippen LogP contribution in [0.5, 0.6) is 0 Å². The fourth-order valence-electron chi connectivity index (χ4n) is 3.35. The molecule has 3 N–H and O–H groups in total. The number of urea groups is 1. The number of nitrogens with zero attached hydrogens (tertiary/aromatic N) is 1. The minimum absolute atomic E-state index is 0.00254. The van der Waals surface area contributed by atoms with E-state index >= 15 is 0 Å². The quantitative estimate of drug-likeness (QED) is 0.768. The number of carboxylic acids is 1. The Hall–Kier alpha value is -2.86. The summed E-state index contributed by atoms with van der Waals surface area (Å²) in [6, 6.07) is 16.0. The zero-order chi connectivity index (χ0) is 18.6. The lowest BCUT2D eigenvalue weighted by Crippen LogP contribution is -2.41. The highest BCUT2D eigenvalue weighted by Gasteiger charge is 2.40. The van der Waals surface area contributed by atoms with Crippen molar-refractivity contribution in [1.29, 1.82) is 0 Å². The van der Waals surface area contributed by atoms with Gasteiger partial charge in [0, 0.05) is 25.0 Å². The Labute approximate surface area is 152 Å². The number of carboxylic acid groups (broad SMARTS) is 1. The van der Waals surface area contributed by atoms with Gasteiger partial charge >= 0.3 is 12.0 Å². The molecule has 2 aromatic rings. The van der Waals surface area contributed by atoms with Crippen LogP contribution in [0.3, 0.4) is 0 Å². The number of carbonyl (C=O) groups is 2. The molecule has 136 valence electrons. The average molecular weight is 354 g/mol. The standard InChI is InChI=1S/C20H22N2O4/c23-14-20(17-4-2-1-3-5-17)10-11-22(13-20)19(26)21-12-15-6-8-16(9-7-15)18(24)25/h1-9,23H,10-14H2,(H,21,26)(H,24,25). The number of hydrogen-bond donors (Lipinski definition) is 3. The van der Waals surface area contributed by atoms with Crippen LogP contribution in [0, 0.1) is 0 Å². The Kier molecular flexibility index (Phi) is 5.23. The highest BCUT2D eigenvalue weighted by Crippen LogP contribution is 2.34. The minimum Gasteiger partial charge on any atom is -0.478 e. The van der Waals surface area contributed by atoms with E-state index in [1.54, 1.807) is 17.0 Å². The van der Waals surface area contributed by atoms with Crippen LogP contribution < -0.4 is 5.32 Å². The van der Waals surface area contributed by atoms with Crippen molar-refractivity contribution in [2.24, 2.45) is 0 Å². The van der Waals surface area contributed by atoms with Crippen LogP contribution in [0.25, 0.3) is 0 Å². The monoisotopic (exact) mass is 354 g/mol. The first kappa shape index (κ1) is 17.9. The first-order valence-corrected chi connectivity index (χ1v) is 8.55. The smallest absolute Gasteiger partial charge is 0.335 e. The first-order chi connectivity index (χ1) is 12.5. The number of aliphatic hydroxyl groups excluding tert-OH is 1. The predicted molar refractivity (Wildman–Crippen MR) is 97.0 cm³/mol. The Balaban J connectivity index is 1.60. The maximum absolute atomic E-state index is 12.5.